The van der Waals surface area contributed by atoms with Gasteiger partial charge in [0.1, 0.15) is 0 Å². The summed E-state index contributed by atoms with van der Waals surface area (Å²) in [5.41, 5.74) is 3.03. The number of amides is 1. The first-order valence-electron chi connectivity index (χ1n) is 10.4. The summed E-state index contributed by atoms with van der Waals surface area (Å²) in [6.07, 6.45) is 3.01. The number of halogens is 1. The Morgan fingerprint density at radius 3 is 2.63 bits per heavy atom. The molecule has 0 unspecified atom stereocenters. The van der Waals surface area contributed by atoms with E-state index in [0.29, 0.717) is 11.4 Å². The van der Waals surface area contributed by atoms with Crippen molar-refractivity contribution in [2.45, 2.75) is 18.9 Å². The Morgan fingerprint density at radius 2 is 1.87 bits per heavy atom. The highest BCUT2D eigenvalue weighted by Crippen LogP contribution is 2.26. The quantitative estimate of drug-likeness (QED) is 0.650. The zero-order valence-corrected chi connectivity index (χ0v) is 18.0. The van der Waals surface area contributed by atoms with Crippen molar-refractivity contribution in [3.63, 3.8) is 0 Å². The van der Waals surface area contributed by atoms with Crippen molar-refractivity contribution in [1.29, 1.82) is 0 Å². The SMILES string of the molecule is CN1CCN(C(=O)C[C@H](Cc2ccccc2)Nc2ccnc3cc(Cl)ccc23)CC1. The second kappa shape index (κ2) is 9.45. The summed E-state index contributed by atoms with van der Waals surface area (Å²) >= 11 is 6.14. The summed E-state index contributed by atoms with van der Waals surface area (Å²) in [5, 5.41) is 5.30. The van der Waals surface area contributed by atoms with Crippen LogP contribution in [-0.4, -0.2) is 60.0 Å². The predicted octanol–water partition coefficient (Wildman–Crippen LogP) is 4.08. The minimum Gasteiger partial charge on any atom is -0.381 e. The third kappa shape index (κ3) is 5.10. The molecule has 0 radical (unpaired) electrons. The standard InChI is InChI=1S/C24H27ClN4O/c1-28-11-13-29(14-12-28)24(30)17-20(15-18-5-3-2-4-6-18)27-22-9-10-26-23-16-19(25)7-8-21(22)23/h2-10,16,20H,11-15,17H2,1H3,(H,26,27)/t20-/m0/s1. The normalized spacial score (nSPS) is 15.9. The fraction of sp³-hybridized carbons (Fsp3) is 0.333. The van der Waals surface area contributed by atoms with E-state index in [1.54, 1.807) is 6.20 Å². The van der Waals surface area contributed by atoms with Gasteiger partial charge < -0.3 is 15.1 Å². The zero-order valence-electron chi connectivity index (χ0n) is 17.2. The molecule has 1 saturated heterocycles. The largest absolute Gasteiger partial charge is 0.381 e. The molecule has 1 aliphatic rings. The van der Waals surface area contributed by atoms with Gasteiger partial charge in [-0.15, -0.1) is 0 Å². The van der Waals surface area contributed by atoms with Gasteiger partial charge in [-0.25, -0.2) is 0 Å². The lowest BCUT2D eigenvalue weighted by Crippen LogP contribution is -2.48. The number of piperazine rings is 1. The van der Waals surface area contributed by atoms with E-state index >= 15 is 0 Å². The molecular weight excluding hydrogens is 396 g/mol. The fourth-order valence-electron chi connectivity index (χ4n) is 3.94. The number of carbonyl (C=O) groups is 1. The molecule has 1 aliphatic heterocycles. The molecule has 0 aliphatic carbocycles. The molecule has 0 saturated carbocycles. The van der Waals surface area contributed by atoms with Gasteiger partial charge in [0.15, 0.2) is 0 Å². The molecule has 0 bridgehead atoms. The van der Waals surface area contributed by atoms with Gasteiger partial charge in [0.05, 0.1) is 5.52 Å². The predicted molar refractivity (Wildman–Crippen MR) is 123 cm³/mol. The molecule has 2 aromatic carbocycles. The van der Waals surface area contributed by atoms with Crippen LogP contribution in [0, 0.1) is 0 Å². The van der Waals surface area contributed by atoms with Crippen LogP contribution in [0.1, 0.15) is 12.0 Å². The van der Waals surface area contributed by atoms with Crippen molar-refractivity contribution < 1.29 is 4.79 Å². The highest BCUT2D eigenvalue weighted by Gasteiger charge is 2.23. The molecule has 1 atom stereocenters. The van der Waals surface area contributed by atoms with E-state index in [4.69, 9.17) is 11.6 Å². The number of carbonyl (C=O) groups excluding carboxylic acids is 1. The molecule has 1 fully saturated rings. The lowest BCUT2D eigenvalue weighted by Gasteiger charge is -2.33. The number of fused-ring (bicyclic) bond motifs is 1. The van der Waals surface area contributed by atoms with E-state index in [-0.39, 0.29) is 11.9 Å². The molecule has 0 spiro atoms. The summed E-state index contributed by atoms with van der Waals surface area (Å²) in [4.78, 5) is 21.7. The Kier molecular flexibility index (Phi) is 6.50. The number of rotatable bonds is 6. The van der Waals surface area contributed by atoms with Gasteiger partial charge in [-0.3, -0.25) is 9.78 Å². The number of likely N-dealkylation sites (N-methyl/N-ethyl adjacent to an activating group) is 1. The molecule has 3 aromatic rings. The summed E-state index contributed by atoms with van der Waals surface area (Å²) in [5.74, 6) is 0.206. The number of nitrogens with zero attached hydrogens (tertiary/aromatic N) is 3. The third-order valence-corrected chi connectivity index (χ3v) is 5.90. The van der Waals surface area contributed by atoms with Gasteiger partial charge in [0.25, 0.3) is 0 Å². The fourth-order valence-corrected chi connectivity index (χ4v) is 4.10. The average Bonchev–Trinajstić information content (AvgIpc) is 2.75. The highest BCUT2D eigenvalue weighted by atomic mass is 35.5. The van der Waals surface area contributed by atoms with Gasteiger partial charge >= 0.3 is 0 Å². The second-order valence-electron chi connectivity index (χ2n) is 7.94. The van der Waals surface area contributed by atoms with Gasteiger partial charge in [0.2, 0.25) is 5.91 Å². The van der Waals surface area contributed by atoms with Crippen LogP contribution in [0.2, 0.25) is 5.02 Å². The Morgan fingerprint density at radius 1 is 1.10 bits per heavy atom. The smallest absolute Gasteiger partial charge is 0.224 e. The number of aromatic nitrogens is 1. The summed E-state index contributed by atoms with van der Waals surface area (Å²) in [6.45, 7) is 3.45. The topological polar surface area (TPSA) is 48.5 Å². The first-order chi connectivity index (χ1) is 14.6. The molecule has 2 heterocycles. The lowest BCUT2D eigenvalue weighted by atomic mass is 10.0. The molecule has 156 valence electrons. The Hall–Kier alpha value is -2.63. The van der Waals surface area contributed by atoms with Crippen molar-refractivity contribution in [1.82, 2.24) is 14.8 Å². The van der Waals surface area contributed by atoms with Gasteiger partial charge in [-0.05, 0) is 43.3 Å². The molecule has 4 rings (SSSR count). The Balaban J connectivity index is 1.55. The monoisotopic (exact) mass is 422 g/mol. The molecule has 1 aromatic heterocycles. The maximum atomic E-state index is 13.0. The number of anilines is 1. The Labute approximate surface area is 182 Å². The van der Waals surface area contributed by atoms with E-state index in [2.05, 4.69) is 34.4 Å². The van der Waals surface area contributed by atoms with Gasteiger partial charge in [0, 0.05) is 60.9 Å². The van der Waals surface area contributed by atoms with Crippen LogP contribution in [0.5, 0.6) is 0 Å². The zero-order chi connectivity index (χ0) is 20.9. The number of hydrogen-bond acceptors (Lipinski definition) is 4. The second-order valence-corrected chi connectivity index (χ2v) is 8.38. The summed E-state index contributed by atoms with van der Waals surface area (Å²) < 4.78 is 0. The van der Waals surface area contributed by atoms with Crippen LogP contribution in [0.4, 0.5) is 5.69 Å². The summed E-state index contributed by atoms with van der Waals surface area (Å²) in [6, 6.07) is 18.0. The Bertz CT molecular complexity index is 1000. The van der Waals surface area contributed by atoms with E-state index in [1.165, 1.54) is 5.56 Å². The van der Waals surface area contributed by atoms with Crippen molar-refractivity contribution in [3.8, 4) is 0 Å². The number of benzene rings is 2. The lowest BCUT2D eigenvalue weighted by molar-refractivity contribution is -0.133. The minimum absolute atomic E-state index is 0.0131. The van der Waals surface area contributed by atoms with Crippen LogP contribution in [0.3, 0.4) is 0 Å². The number of nitrogens with one attached hydrogen (secondary N) is 1. The van der Waals surface area contributed by atoms with Crippen LogP contribution in [0.25, 0.3) is 10.9 Å². The number of pyridine rings is 1. The van der Waals surface area contributed by atoms with Crippen LogP contribution >= 0.6 is 11.6 Å². The number of hydrogen-bond donors (Lipinski definition) is 1. The first-order valence-corrected chi connectivity index (χ1v) is 10.8. The molecule has 30 heavy (non-hydrogen) atoms. The maximum Gasteiger partial charge on any atom is 0.224 e. The molecule has 1 amide bonds. The van der Waals surface area contributed by atoms with E-state index < -0.39 is 0 Å². The van der Waals surface area contributed by atoms with Crippen molar-refractivity contribution in [2.75, 3.05) is 38.5 Å². The van der Waals surface area contributed by atoms with Gasteiger partial charge in [-0.1, -0.05) is 41.9 Å². The van der Waals surface area contributed by atoms with Crippen LogP contribution in [0.15, 0.2) is 60.8 Å². The van der Waals surface area contributed by atoms with Crippen LogP contribution in [-0.2, 0) is 11.2 Å². The van der Waals surface area contributed by atoms with Crippen LogP contribution < -0.4 is 5.32 Å². The van der Waals surface area contributed by atoms with Crippen molar-refractivity contribution in [2.24, 2.45) is 0 Å². The first kappa shape index (κ1) is 20.6. The van der Waals surface area contributed by atoms with E-state index in [9.17, 15) is 4.79 Å². The minimum atomic E-state index is -0.0131. The van der Waals surface area contributed by atoms with Crippen molar-refractivity contribution >= 4 is 34.1 Å². The third-order valence-electron chi connectivity index (χ3n) is 5.67. The molecular formula is C24H27ClN4O. The maximum absolute atomic E-state index is 13.0. The average molecular weight is 423 g/mol. The molecule has 5 nitrogen and oxygen atoms in total. The molecule has 6 heteroatoms. The molecule has 1 N–H and O–H groups in total. The summed E-state index contributed by atoms with van der Waals surface area (Å²) in [7, 11) is 2.10. The van der Waals surface area contributed by atoms with Crippen molar-refractivity contribution in [3.05, 3.63) is 71.4 Å². The highest BCUT2D eigenvalue weighted by molar-refractivity contribution is 6.31. The van der Waals surface area contributed by atoms with E-state index in [1.807, 2.05) is 47.4 Å². The van der Waals surface area contributed by atoms with Gasteiger partial charge in [-0.2, -0.15) is 0 Å². The van der Waals surface area contributed by atoms with E-state index in [0.717, 1.165) is 49.2 Å².